The topological polar surface area (TPSA) is 82.1 Å². The SMILES string of the molecule is Cc1csc2nc(Nc3ncc(N4CCN(C)CC4)cn3)nc(NC3(C)CC3)c12. The number of nitrogens with one attached hydrogen (secondary N) is 2. The fourth-order valence-corrected chi connectivity index (χ4v) is 4.46. The Balaban J connectivity index is 1.37. The minimum absolute atomic E-state index is 0.146. The Morgan fingerprint density at radius 2 is 1.76 bits per heavy atom. The maximum atomic E-state index is 4.75. The van der Waals surface area contributed by atoms with Crippen LogP contribution in [0.2, 0.25) is 0 Å². The van der Waals surface area contributed by atoms with E-state index in [4.69, 9.17) is 4.98 Å². The lowest BCUT2D eigenvalue weighted by Crippen LogP contribution is -2.44. The van der Waals surface area contributed by atoms with Crippen molar-refractivity contribution in [1.82, 2.24) is 24.8 Å². The van der Waals surface area contributed by atoms with Gasteiger partial charge in [0.05, 0.1) is 23.5 Å². The molecule has 2 aliphatic rings. The minimum atomic E-state index is 0.146. The summed E-state index contributed by atoms with van der Waals surface area (Å²) in [5.41, 5.74) is 2.40. The van der Waals surface area contributed by atoms with Crippen LogP contribution in [0.5, 0.6) is 0 Å². The number of hydrogen-bond donors (Lipinski definition) is 2. The lowest BCUT2D eigenvalue weighted by molar-refractivity contribution is 0.312. The van der Waals surface area contributed by atoms with Crippen molar-refractivity contribution in [3.05, 3.63) is 23.3 Å². The average molecular weight is 411 g/mol. The molecule has 1 saturated heterocycles. The molecule has 152 valence electrons. The molecule has 0 aromatic carbocycles. The molecule has 0 atom stereocenters. The van der Waals surface area contributed by atoms with Crippen LogP contribution in [0.1, 0.15) is 25.3 Å². The zero-order chi connectivity index (χ0) is 20.0. The molecule has 0 unspecified atom stereocenters. The van der Waals surface area contributed by atoms with Crippen LogP contribution < -0.4 is 15.5 Å². The highest BCUT2D eigenvalue weighted by atomic mass is 32.1. The van der Waals surface area contributed by atoms with Crippen LogP contribution in [0.15, 0.2) is 17.8 Å². The summed E-state index contributed by atoms with van der Waals surface area (Å²) >= 11 is 1.64. The minimum Gasteiger partial charge on any atom is -0.366 e. The van der Waals surface area contributed by atoms with Gasteiger partial charge in [0, 0.05) is 31.7 Å². The number of piperazine rings is 1. The second kappa shape index (κ2) is 7.07. The number of likely N-dealkylation sites (N-methyl/N-ethyl adjacent to an activating group) is 1. The van der Waals surface area contributed by atoms with Gasteiger partial charge in [-0.3, -0.25) is 5.32 Å². The summed E-state index contributed by atoms with van der Waals surface area (Å²) < 4.78 is 0. The predicted molar refractivity (Wildman–Crippen MR) is 118 cm³/mol. The van der Waals surface area contributed by atoms with Crippen molar-refractivity contribution >= 4 is 45.0 Å². The third-order valence-electron chi connectivity index (χ3n) is 5.77. The summed E-state index contributed by atoms with van der Waals surface area (Å²) in [4.78, 5) is 24.1. The zero-order valence-corrected chi connectivity index (χ0v) is 17.9. The summed E-state index contributed by atoms with van der Waals surface area (Å²) in [6.45, 7) is 8.45. The standard InChI is InChI=1S/C20H26N8S/c1-13-12-29-17-15(13)16(26-20(2)4-5-20)23-19(24-17)25-18-21-10-14(11-22-18)28-8-6-27(3)7-9-28/h10-12H,4-9H2,1-3H3,(H2,21,22,23,24,25,26). The molecular formula is C20H26N8S. The van der Waals surface area contributed by atoms with E-state index < -0.39 is 0 Å². The van der Waals surface area contributed by atoms with Crippen LogP contribution in [-0.2, 0) is 0 Å². The highest BCUT2D eigenvalue weighted by molar-refractivity contribution is 7.17. The molecule has 29 heavy (non-hydrogen) atoms. The molecule has 2 fully saturated rings. The van der Waals surface area contributed by atoms with Crippen molar-refractivity contribution in [2.75, 3.05) is 48.8 Å². The van der Waals surface area contributed by atoms with Crippen molar-refractivity contribution < 1.29 is 0 Å². The summed E-state index contributed by atoms with van der Waals surface area (Å²) in [6, 6.07) is 0. The van der Waals surface area contributed by atoms with E-state index in [0.717, 1.165) is 47.9 Å². The molecule has 1 aliphatic heterocycles. The van der Waals surface area contributed by atoms with Gasteiger partial charge in [0.15, 0.2) is 0 Å². The Kier molecular flexibility index (Phi) is 4.51. The Morgan fingerprint density at radius 1 is 1.03 bits per heavy atom. The monoisotopic (exact) mass is 410 g/mol. The number of thiophene rings is 1. The maximum Gasteiger partial charge on any atom is 0.232 e. The zero-order valence-electron chi connectivity index (χ0n) is 17.1. The highest BCUT2D eigenvalue weighted by Gasteiger charge is 2.38. The number of rotatable bonds is 5. The Labute approximate surface area is 174 Å². The van der Waals surface area contributed by atoms with Crippen molar-refractivity contribution in [3.8, 4) is 0 Å². The third kappa shape index (κ3) is 3.84. The molecule has 1 aliphatic carbocycles. The lowest BCUT2D eigenvalue weighted by atomic mass is 10.2. The van der Waals surface area contributed by atoms with E-state index in [0.29, 0.717) is 11.9 Å². The number of anilines is 4. The van der Waals surface area contributed by atoms with Crippen LogP contribution >= 0.6 is 11.3 Å². The molecule has 1 saturated carbocycles. The van der Waals surface area contributed by atoms with Gasteiger partial charge in [-0.25, -0.2) is 15.0 Å². The van der Waals surface area contributed by atoms with Gasteiger partial charge in [0.25, 0.3) is 0 Å². The van der Waals surface area contributed by atoms with E-state index >= 15 is 0 Å². The molecule has 0 amide bonds. The van der Waals surface area contributed by atoms with Crippen LogP contribution in [0.3, 0.4) is 0 Å². The first-order chi connectivity index (χ1) is 14.0. The van der Waals surface area contributed by atoms with Crippen molar-refractivity contribution in [1.29, 1.82) is 0 Å². The van der Waals surface area contributed by atoms with Gasteiger partial charge < -0.3 is 15.1 Å². The first-order valence-electron chi connectivity index (χ1n) is 10.1. The molecule has 0 bridgehead atoms. The fourth-order valence-electron chi connectivity index (χ4n) is 3.54. The molecule has 4 heterocycles. The van der Waals surface area contributed by atoms with E-state index in [2.05, 4.69) is 61.7 Å². The highest BCUT2D eigenvalue weighted by Crippen LogP contribution is 2.40. The van der Waals surface area contributed by atoms with Gasteiger partial charge in [-0.05, 0) is 44.7 Å². The quantitative estimate of drug-likeness (QED) is 0.663. The van der Waals surface area contributed by atoms with E-state index in [-0.39, 0.29) is 5.54 Å². The number of fused-ring (bicyclic) bond motifs is 1. The Bertz CT molecular complexity index is 1020. The smallest absolute Gasteiger partial charge is 0.232 e. The molecular weight excluding hydrogens is 384 g/mol. The maximum absolute atomic E-state index is 4.75. The van der Waals surface area contributed by atoms with E-state index in [1.165, 1.54) is 18.4 Å². The third-order valence-corrected chi connectivity index (χ3v) is 6.76. The van der Waals surface area contributed by atoms with Crippen molar-refractivity contribution in [2.45, 2.75) is 32.2 Å². The Hall–Kier alpha value is -2.52. The summed E-state index contributed by atoms with van der Waals surface area (Å²) in [5, 5.41) is 10.0. The van der Waals surface area contributed by atoms with Gasteiger partial charge in [0.2, 0.25) is 11.9 Å². The number of aromatic nitrogens is 4. The summed E-state index contributed by atoms with van der Waals surface area (Å²) in [6.07, 6.45) is 6.08. The molecule has 5 rings (SSSR count). The van der Waals surface area contributed by atoms with Gasteiger partial charge in [0.1, 0.15) is 10.6 Å². The molecule has 3 aromatic heterocycles. The first kappa shape index (κ1) is 18.5. The van der Waals surface area contributed by atoms with Crippen molar-refractivity contribution in [2.24, 2.45) is 0 Å². The predicted octanol–water partition coefficient (Wildman–Crippen LogP) is 3.25. The first-order valence-corrected chi connectivity index (χ1v) is 10.9. The summed E-state index contributed by atoms with van der Waals surface area (Å²) in [5.74, 6) is 1.93. The van der Waals surface area contributed by atoms with Crippen molar-refractivity contribution in [3.63, 3.8) is 0 Å². The van der Waals surface area contributed by atoms with E-state index in [1.54, 1.807) is 11.3 Å². The van der Waals surface area contributed by atoms with Gasteiger partial charge in [-0.1, -0.05) is 0 Å². The lowest BCUT2D eigenvalue weighted by Gasteiger charge is -2.33. The van der Waals surface area contributed by atoms with Gasteiger partial charge in [-0.15, -0.1) is 11.3 Å². The normalized spacial score (nSPS) is 18.8. The molecule has 9 heteroatoms. The van der Waals surface area contributed by atoms with E-state index in [1.807, 2.05) is 12.4 Å². The second-order valence-electron chi connectivity index (χ2n) is 8.36. The van der Waals surface area contributed by atoms with Crippen LogP contribution in [-0.4, -0.2) is 63.6 Å². The number of hydrogen-bond acceptors (Lipinski definition) is 9. The van der Waals surface area contributed by atoms with Crippen LogP contribution in [0.25, 0.3) is 10.2 Å². The number of nitrogens with zero attached hydrogens (tertiary/aromatic N) is 6. The Morgan fingerprint density at radius 3 is 2.45 bits per heavy atom. The summed E-state index contributed by atoms with van der Waals surface area (Å²) in [7, 11) is 2.15. The second-order valence-corrected chi connectivity index (χ2v) is 9.22. The molecule has 0 spiro atoms. The molecule has 0 radical (unpaired) electrons. The molecule has 2 N–H and O–H groups in total. The number of aryl methyl sites for hydroxylation is 1. The fraction of sp³-hybridized carbons (Fsp3) is 0.500. The average Bonchev–Trinajstić information content (AvgIpc) is 3.31. The largest absolute Gasteiger partial charge is 0.366 e. The van der Waals surface area contributed by atoms with Gasteiger partial charge >= 0.3 is 0 Å². The molecule has 8 nitrogen and oxygen atoms in total. The van der Waals surface area contributed by atoms with Crippen LogP contribution in [0.4, 0.5) is 23.4 Å². The van der Waals surface area contributed by atoms with Gasteiger partial charge in [-0.2, -0.15) is 4.98 Å². The molecule has 3 aromatic rings. The van der Waals surface area contributed by atoms with Crippen LogP contribution in [0, 0.1) is 6.92 Å². The van der Waals surface area contributed by atoms with E-state index in [9.17, 15) is 0 Å².